The number of hydrogen-bond acceptors (Lipinski definition) is 11. The number of carbonyl (C=O) groups is 4. The highest BCUT2D eigenvalue weighted by atomic mass is 79.9. The molecule has 15 nitrogen and oxygen atoms in total. The Hall–Kier alpha value is -3.52. The third-order valence-electron chi connectivity index (χ3n) is 12.7. The Morgan fingerprint density at radius 2 is 1.12 bits per heavy atom. The summed E-state index contributed by atoms with van der Waals surface area (Å²) < 4.78 is 79.4. The molecule has 4 rings (SSSR count). The van der Waals surface area contributed by atoms with Gasteiger partial charge in [0.05, 0.1) is 48.5 Å². The lowest BCUT2D eigenvalue weighted by Crippen LogP contribution is -2.48. The highest BCUT2D eigenvalue weighted by Gasteiger charge is 2.47. The van der Waals surface area contributed by atoms with E-state index in [1.165, 1.54) is 43.0 Å². The molecule has 2 fully saturated rings. The number of rotatable bonds is 13. The number of nitrogens with zero attached hydrogens (tertiary/aromatic N) is 3. The lowest BCUT2D eigenvalue weighted by atomic mass is 10.1. The molecule has 4 atom stereocenters. The first-order valence-electron chi connectivity index (χ1n) is 24.9. The smallest absolute Gasteiger partial charge is 0.410 e. The summed E-state index contributed by atoms with van der Waals surface area (Å²) in [4.78, 5) is 53.5. The predicted molar refractivity (Wildman–Crippen MR) is 306 cm³/mol. The van der Waals surface area contributed by atoms with Gasteiger partial charge in [-0.1, -0.05) is 65.8 Å². The van der Waals surface area contributed by atoms with Gasteiger partial charge in [0, 0.05) is 42.4 Å². The lowest BCUT2D eigenvalue weighted by molar-refractivity contribution is -0.116. The molecule has 2 aromatic carbocycles. The van der Waals surface area contributed by atoms with Gasteiger partial charge in [0.2, 0.25) is 11.8 Å². The van der Waals surface area contributed by atoms with Gasteiger partial charge in [-0.15, -0.1) is 0 Å². The number of amides is 4. The molecule has 0 saturated carbocycles. The van der Waals surface area contributed by atoms with Crippen LogP contribution in [0.4, 0.5) is 29.7 Å². The first-order chi connectivity index (χ1) is 33.9. The number of benzene rings is 2. The average Bonchev–Trinajstić information content (AvgIpc) is 3.81. The number of carbonyl (C=O) groups excluding carboxylic acids is 4. The van der Waals surface area contributed by atoms with Gasteiger partial charge in [0.25, 0.3) is 10.1 Å². The zero-order valence-electron chi connectivity index (χ0n) is 47.6. The SMILES string of the molecule is CC(=O)N(C/C=C/[C@@H]1[C@@H](O[Si](C)(C)C(C)(C)C)CCN1C(=O)OC(C)(C)C)c1cc(F)ccc1Br.CC(=O)Nc1cc(F)ccc1Br.CC(C)(C)OC(=O)N1CC[C@H](O[Si](C)(C)C(C)(C)C)[C@H]1/C=C/COS(C)(=O)=O. The van der Waals surface area contributed by atoms with E-state index in [0.717, 1.165) is 6.26 Å². The summed E-state index contributed by atoms with van der Waals surface area (Å²) in [6.45, 7) is 36.8. The van der Waals surface area contributed by atoms with Crippen LogP contribution in [0.5, 0.6) is 0 Å². The van der Waals surface area contributed by atoms with Crippen LogP contribution in [-0.2, 0) is 42.2 Å². The molecule has 0 bridgehead atoms. The number of halogens is 4. The summed E-state index contributed by atoms with van der Waals surface area (Å²) in [5.41, 5.74) is -0.309. The molecule has 2 aliphatic heterocycles. The zero-order valence-corrected chi connectivity index (χ0v) is 53.6. The van der Waals surface area contributed by atoms with Crippen molar-refractivity contribution in [2.24, 2.45) is 0 Å². The number of nitrogens with one attached hydrogen (secondary N) is 1. The van der Waals surface area contributed by atoms with Gasteiger partial charge >= 0.3 is 12.2 Å². The van der Waals surface area contributed by atoms with Crippen molar-refractivity contribution >= 4 is 94.0 Å². The predicted octanol–water partition coefficient (Wildman–Crippen LogP) is 13.4. The van der Waals surface area contributed by atoms with Crippen LogP contribution in [0.2, 0.25) is 36.3 Å². The van der Waals surface area contributed by atoms with Gasteiger partial charge in [-0.2, -0.15) is 8.42 Å². The first-order valence-corrected chi connectivity index (χ1v) is 34.2. The van der Waals surface area contributed by atoms with Crippen molar-refractivity contribution in [1.29, 1.82) is 0 Å². The van der Waals surface area contributed by atoms with Crippen molar-refractivity contribution < 1.29 is 58.9 Å². The number of likely N-dealkylation sites (tertiary alicyclic amines) is 2. The van der Waals surface area contributed by atoms with Gasteiger partial charge in [-0.3, -0.25) is 23.6 Å². The fourth-order valence-electron chi connectivity index (χ4n) is 7.00. The minimum Gasteiger partial charge on any atom is -0.444 e. The molecule has 424 valence electrons. The second-order valence-electron chi connectivity index (χ2n) is 23.6. The molecule has 0 aliphatic carbocycles. The maximum absolute atomic E-state index is 13.9. The van der Waals surface area contributed by atoms with E-state index in [0.29, 0.717) is 46.3 Å². The van der Waals surface area contributed by atoms with E-state index in [-0.39, 0.29) is 71.2 Å². The van der Waals surface area contributed by atoms with Crippen molar-refractivity contribution in [3.05, 3.63) is 81.3 Å². The molecule has 1 N–H and O–H groups in total. The van der Waals surface area contributed by atoms with Crippen LogP contribution in [0.3, 0.4) is 0 Å². The molecule has 2 heterocycles. The third-order valence-corrected chi connectivity index (χ3v) is 23.6. The van der Waals surface area contributed by atoms with E-state index < -0.39 is 49.9 Å². The molecule has 0 spiro atoms. The average molecular weight is 1240 g/mol. The van der Waals surface area contributed by atoms with E-state index in [9.17, 15) is 36.4 Å². The van der Waals surface area contributed by atoms with Crippen molar-refractivity contribution in [2.45, 2.75) is 182 Å². The summed E-state index contributed by atoms with van der Waals surface area (Å²) in [6.07, 6.45) is 8.46. The highest BCUT2D eigenvalue weighted by Crippen LogP contribution is 2.41. The standard InChI is InChI=1S/C26H40BrFN2O4Si.C19H37NO6SSi.C8H7BrFNO/c1-18(31)29(22-17-19(28)12-13-20(22)27)15-10-11-21-23(34-35(8,9)26(5,6)7)14-16-30(21)24(32)33-25(2,3)4;1-18(2,3)25-17(21)20-13-12-16(26-28(8,9)19(4,5)6)15(20)11-10-14-24-27(7,22)23;1-5(12)11-8-4-6(10)2-3-7(8)9/h10-13,17,21,23H,14-16H2,1-9H3;10-11,15-16H,12-14H2,1-9H3;2-4H,1H3,(H,11,12)/b2*11-10+;/t21-,23+;15-,16+;/m11./s1. The Morgan fingerprint density at radius 3 is 1.51 bits per heavy atom. The van der Waals surface area contributed by atoms with Crippen LogP contribution in [0, 0.1) is 11.6 Å². The number of hydrogen-bond donors (Lipinski definition) is 1. The Morgan fingerprint density at radius 1 is 0.707 bits per heavy atom. The third kappa shape index (κ3) is 22.8. The normalized spacial score (nSPS) is 18.8. The maximum atomic E-state index is 13.9. The summed E-state index contributed by atoms with van der Waals surface area (Å²) in [6, 6.07) is 7.69. The summed E-state index contributed by atoms with van der Waals surface area (Å²) in [5, 5.41) is 2.55. The largest absolute Gasteiger partial charge is 0.444 e. The Bertz CT molecular complexity index is 2450. The fraction of sp³-hybridized carbons (Fsp3) is 0.623. The van der Waals surface area contributed by atoms with Crippen LogP contribution < -0.4 is 10.2 Å². The minimum absolute atomic E-state index is 0.0235. The van der Waals surface area contributed by atoms with Crippen LogP contribution in [0.25, 0.3) is 0 Å². The van der Waals surface area contributed by atoms with E-state index in [1.54, 1.807) is 34.1 Å². The van der Waals surface area contributed by atoms with Crippen LogP contribution in [0.1, 0.15) is 110 Å². The Kier molecular flexibility index (Phi) is 24.7. The topological polar surface area (TPSA) is 170 Å². The molecule has 2 aliphatic rings. The molecule has 75 heavy (non-hydrogen) atoms. The van der Waals surface area contributed by atoms with Gasteiger partial charge < -0.3 is 28.5 Å². The first kappa shape index (κ1) is 67.6. The molecule has 0 unspecified atom stereocenters. The minimum atomic E-state index is -3.52. The summed E-state index contributed by atoms with van der Waals surface area (Å²) in [7, 11) is -7.65. The molecular weight excluding hydrogens is 1150 g/mol. The van der Waals surface area contributed by atoms with Gasteiger partial charge in [0.1, 0.15) is 22.8 Å². The van der Waals surface area contributed by atoms with Crippen molar-refractivity contribution in [3.8, 4) is 0 Å². The lowest BCUT2D eigenvalue weighted by Gasteiger charge is -2.40. The van der Waals surface area contributed by atoms with Crippen LogP contribution >= 0.6 is 31.9 Å². The molecule has 2 aromatic rings. The molecule has 0 radical (unpaired) electrons. The monoisotopic (exact) mass is 1240 g/mol. The molecule has 22 heteroatoms. The van der Waals surface area contributed by atoms with Gasteiger partial charge in [-0.25, -0.2) is 18.4 Å². The van der Waals surface area contributed by atoms with Crippen molar-refractivity contribution in [2.75, 3.05) is 42.7 Å². The molecule has 4 amide bonds. The Labute approximate surface area is 465 Å². The van der Waals surface area contributed by atoms with E-state index >= 15 is 0 Å². The van der Waals surface area contributed by atoms with Gasteiger partial charge in [0.15, 0.2) is 16.6 Å². The van der Waals surface area contributed by atoms with Crippen molar-refractivity contribution in [3.63, 3.8) is 0 Å². The van der Waals surface area contributed by atoms with Crippen LogP contribution in [-0.4, -0.2) is 127 Å². The van der Waals surface area contributed by atoms with Crippen molar-refractivity contribution in [1.82, 2.24) is 9.80 Å². The second kappa shape index (κ2) is 27.4. The van der Waals surface area contributed by atoms with Crippen LogP contribution in [0.15, 0.2) is 69.6 Å². The number of anilines is 2. The molecule has 0 aromatic heterocycles. The fourth-order valence-corrected chi connectivity index (χ4v) is 10.9. The van der Waals surface area contributed by atoms with E-state index in [2.05, 4.69) is 105 Å². The van der Waals surface area contributed by atoms with E-state index in [1.807, 2.05) is 53.7 Å². The Balaban J connectivity index is 0.000000427. The van der Waals surface area contributed by atoms with Gasteiger partial charge in [-0.05, 0) is 159 Å². The van der Waals surface area contributed by atoms with E-state index in [4.69, 9.17) is 22.5 Å². The molecular formula is C53H84Br2F2N4O11SSi2. The highest BCUT2D eigenvalue weighted by molar-refractivity contribution is 9.11. The molecule has 2 saturated heterocycles. The summed E-state index contributed by atoms with van der Waals surface area (Å²) in [5.74, 6) is -1.23. The zero-order chi connectivity index (χ0) is 57.9. The maximum Gasteiger partial charge on any atom is 0.410 e. The second-order valence-corrected chi connectivity index (χ2v) is 36.5. The summed E-state index contributed by atoms with van der Waals surface area (Å²) >= 11 is 6.58. The quantitative estimate of drug-likeness (QED) is 0.115. The number of ether oxygens (including phenoxy) is 2.